The molecule has 2 aromatic rings. The number of carbonyl (C=O) groups is 2. The zero-order valence-corrected chi connectivity index (χ0v) is 16.6. The summed E-state index contributed by atoms with van der Waals surface area (Å²) in [4.78, 5) is 23.9. The van der Waals surface area contributed by atoms with Crippen molar-refractivity contribution in [1.82, 2.24) is 0 Å². The number of primary sulfonamides is 1. The Kier molecular flexibility index (Phi) is 6.76. The molecule has 9 heteroatoms. The van der Waals surface area contributed by atoms with Crippen LogP contribution in [0.1, 0.15) is 18.1 Å². The van der Waals surface area contributed by atoms with Crippen LogP contribution in [0.5, 0.6) is 5.75 Å². The summed E-state index contributed by atoms with van der Waals surface area (Å²) in [5.74, 6) is -0.771. The lowest BCUT2D eigenvalue weighted by Crippen LogP contribution is -2.31. The minimum atomic E-state index is -3.89. The van der Waals surface area contributed by atoms with Crippen LogP contribution in [0.4, 0.5) is 5.69 Å². The lowest BCUT2D eigenvalue weighted by Gasteiger charge is -2.15. The molecule has 2 aromatic carbocycles. The predicted octanol–water partition coefficient (Wildman–Crippen LogP) is 1.90. The van der Waals surface area contributed by atoms with Gasteiger partial charge in [-0.1, -0.05) is 23.8 Å². The Bertz CT molecular complexity index is 988. The van der Waals surface area contributed by atoms with Crippen molar-refractivity contribution >= 4 is 27.6 Å². The van der Waals surface area contributed by atoms with Crippen molar-refractivity contribution in [3.05, 3.63) is 53.6 Å². The molecule has 0 radical (unpaired) electrons. The van der Waals surface area contributed by atoms with Crippen LogP contribution in [0.3, 0.4) is 0 Å². The number of hydrogen-bond donors (Lipinski definition) is 2. The normalized spacial score (nSPS) is 12.1. The molecule has 0 saturated heterocycles. The van der Waals surface area contributed by atoms with E-state index in [1.807, 2.05) is 26.0 Å². The van der Waals surface area contributed by atoms with Crippen LogP contribution in [-0.4, -0.2) is 33.0 Å². The standard InChI is InChI=1S/C19H22N2O6S/c1-12-7-8-17(13(2)9-12)26-11-18(22)27-14(3)19(23)21-15-5-4-6-16(10-15)28(20,24)25/h4-10,14H,11H2,1-3H3,(H,21,23)(H2,20,24,25)/t14-/m1/s1. The maximum atomic E-state index is 12.2. The fraction of sp³-hybridized carbons (Fsp3) is 0.263. The van der Waals surface area contributed by atoms with Crippen LogP contribution in [0.2, 0.25) is 0 Å². The molecule has 28 heavy (non-hydrogen) atoms. The molecular formula is C19H22N2O6S. The largest absolute Gasteiger partial charge is 0.482 e. The van der Waals surface area contributed by atoms with Gasteiger partial charge in [0.2, 0.25) is 10.0 Å². The summed E-state index contributed by atoms with van der Waals surface area (Å²) in [5, 5.41) is 7.53. The van der Waals surface area contributed by atoms with Crippen LogP contribution in [-0.2, 0) is 24.3 Å². The zero-order chi connectivity index (χ0) is 20.9. The SMILES string of the molecule is Cc1ccc(OCC(=O)O[C@H](C)C(=O)Nc2cccc(S(N)(=O)=O)c2)c(C)c1. The zero-order valence-electron chi connectivity index (χ0n) is 15.8. The van der Waals surface area contributed by atoms with Gasteiger partial charge >= 0.3 is 5.97 Å². The summed E-state index contributed by atoms with van der Waals surface area (Å²) in [6, 6.07) is 11.0. The molecule has 3 N–H and O–H groups in total. The Hall–Kier alpha value is -2.91. The molecule has 1 amide bonds. The van der Waals surface area contributed by atoms with Crippen molar-refractivity contribution in [2.45, 2.75) is 31.8 Å². The third-order valence-electron chi connectivity index (χ3n) is 3.78. The van der Waals surface area contributed by atoms with Gasteiger partial charge in [0.1, 0.15) is 5.75 Å². The molecule has 0 aliphatic rings. The first-order valence-electron chi connectivity index (χ1n) is 8.39. The lowest BCUT2D eigenvalue weighted by atomic mass is 10.1. The minimum absolute atomic E-state index is 0.142. The Labute approximate surface area is 163 Å². The molecular weight excluding hydrogens is 384 g/mol. The van der Waals surface area contributed by atoms with Crippen molar-refractivity contribution in [3.63, 3.8) is 0 Å². The molecule has 0 bridgehead atoms. The third kappa shape index (κ3) is 6.07. The Morgan fingerprint density at radius 1 is 1.14 bits per heavy atom. The number of amides is 1. The van der Waals surface area contributed by atoms with Crippen LogP contribution >= 0.6 is 0 Å². The van der Waals surface area contributed by atoms with E-state index >= 15 is 0 Å². The van der Waals surface area contributed by atoms with Gasteiger partial charge in [-0.25, -0.2) is 18.4 Å². The minimum Gasteiger partial charge on any atom is -0.482 e. The molecule has 0 saturated carbocycles. The number of sulfonamides is 1. The van der Waals surface area contributed by atoms with Gasteiger partial charge in [0.25, 0.3) is 5.91 Å². The number of benzene rings is 2. The molecule has 2 rings (SSSR count). The van der Waals surface area contributed by atoms with Gasteiger partial charge in [0, 0.05) is 5.69 Å². The first kappa shape index (κ1) is 21.4. The van der Waals surface area contributed by atoms with Gasteiger partial charge in [-0.15, -0.1) is 0 Å². The van der Waals surface area contributed by atoms with E-state index in [4.69, 9.17) is 14.6 Å². The average molecular weight is 406 g/mol. The highest BCUT2D eigenvalue weighted by molar-refractivity contribution is 7.89. The molecule has 0 aliphatic carbocycles. The van der Waals surface area contributed by atoms with E-state index < -0.39 is 28.0 Å². The number of nitrogens with two attached hydrogens (primary N) is 1. The topological polar surface area (TPSA) is 125 Å². The number of carbonyl (C=O) groups excluding carboxylic acids is 2. The van der Waals surface area contributed by atoms with Crippen molar-refractivity contribution in [3.8, 4) is 5.75 Å². The smallest absolute Gasteiger partial charge is 0.344 e. The van der Waals surface area contributed by atoms with E-state index in [9.17, 15) is 18.0 Å². The second-order valence-corrected chi connectivity index (χ2v) is 7.81. The van der Waals surface area contributed by atoms with E-state index in [1.165, 1.54) is 31.2 Å². The number of hydrogen-bond acceptors (Lipinski definition) is 6. The number of nitrogens with one attached hydrogen (secondary N) is 1. The van der Waals surface area contributed by atoms with Crippen LogP contribution in [0.15, 0.2) is 47.4 Å². The second-order valence-electron chi connectivity index (χ2n) is 6.25. The first-order valence-corrected chi connectivity index (χ1v) is 9.94. The van der Waals surface area contributed by atoms with Crippen molar-refractivity contribution < 1.29 is 27.5 Å². The van der Waals surface area contributed by atoms with Crippen molar-refractivity contribution in [1.29, 1.82) is 0 Å². The average Bonchev–Trinajstić information content (AvgIpc) is 2.60. The van der Waals surface area contributed by atoms with Gasteiger partial charge in [-0.3, -0.25) is 4.79 Å². The molecule has 0 aromatic heterocycles. The third-order valence-corrected chi connectivity index (χ3v) is 4.69. The number of aryl methyl sites for hydroxylation is 2. The molecule has 0 heterocycles. The number of anilines is 1. The summed E-state index contributed by atoms with van der Waals surface area (Å²) in [6.45, 7) is 4.86. The van der Waals surface area contributed by atoms with E-state index in [0.717, 1.165) is 11.1 Å². The molecule has 0 unspecified atom stereocenters. The van der Waals surface area contributed by atoms with E-state index in [2.05, 4.69) is 5.32 Å². The maximum absolute atomic E-state index is 12.2. The highest BCUT2D eigenvalue weighted by Crippen LogP contribution is 2.19. The quantitative estimate of drug-likeness (QED) is 0.677. The van der Waals surface area contributed by atoms with Gasteiger partial charge in [-0.2, -0.15) is 0 Å². The number of ether oxygens (including phenoxy) is 2. The summed E-state index contributed by atoms with van der Waals surface area (Å²) in [7, 11) is -3.89. The Morgan fingerprint density at radius 3 is 2.50 bits per heavy atom. The summed E-state index contributed by atoms with van der Waals surface area (Å²) in [6.07, 6.45) is -1.10. The monoisotopic (exact) mass is 406 g/mol. The fourth-order valence-corrected chi connectivity index (χ4v) is 2.94. The molecule has 0 fully saturated rings. The van der Waals surface area contributed by atoms with Crippen molar-refractivity contribution in [2.24, 2.45) is 5.14 Å². The van der Waals surface area contributed by atoms with E-state index in [0.29, 0.717) is 5.75 Å². The van der Waals surface area contributed by atoms with Gasteiger partial charge in [0.15, 0.2) is 12.7 Å². The highest BCUT2D eigenvalue weighted by Gasteiger charge is 2.19. The number of esters is 1. The second kappa shape index (κ2) is 8.85. The van der Waals surface area contributed by atoms with Crippen LogP contribution < -0.4 is 15.2 Å². The first-order chi connectivity index (χ1) is 13.1. The van der Waals surface area contributed by atoms with Crippen LogP contribution in [0, 0.1) is 13.8 Å². The Balaban J connectivity index is 1.90. The summed E-state index contributed by atoms with van der Waals surface area (Å²) >= 11 is 0. The Morgan fingerprint density at radius 2 is 1.86 bits per heavy atom. The van der Waals surface area contributed by atoms with Gasteiger partial charge < -0.3 is 14.8 Å². The van der Waals surface area contributed by atoms with Gasteiger partial charge in [0.05, 0.1) is 4.90 Å². The number of rotatable bonds is 7. The molecule has 0 aliphatic heterocycles. The molecule has 0 spiro atoms. The van der Waals surface area contributed by atoms with E-state index in [-0.39, 0.29) is 17.2 Å². The van der Waals surface area contributed by atoms with Gasteiger partial charge in [-0.05, 0) is 50.6 Å². The molecule has 150 valence electrons. The maximum Gasteiger partial charge on any atom is 0.344 e. The fourth-order valence-electron chi connectivity index (χ4n) is 2.38. The summed E-state index contributed by atoms with van der Waals surface area (Å²) < 4.78 is 33.2. The lowest BCUT2D eigenvalue weighted by molar-refractivity contribution is -0.155. The van der Waals surface area contributed by atoms with Crippen molar-refractivity contribution in [2.75, 3.05) is 11.9 Å². The predicted molar refractivity (Wildman–Crippen MR) is 103 cm³/mol. The molecule has 8 nitrogen and oxygen atoms in total. The molecule has 1 atom stereocenters. The summed E-state index contributed by atoms with van der Waals surface area (Å²) in [5.41, 5.74) is 2.17. The highest BCUT2D eigenvalue weighted by atomic mass is 32.2. The van der Waals surface area contributed by atoms with Crippen LogP contribution in [0.25, 0.3) is 0 Å². The van der Waals surface area contributed by atoms with E-state index in [1.54, 1.807) is 6.07 Å².